The normalized spacial score (nSPS) is 11.1. The third kappa shape index (κ3) is 4.55. The van der Waals surface area contributed by atoms with Gasteiger partial charge in [-0.15, -0.1) is 11.3 Å². The van der Waals surface area contributed by atoms with Gasteiger partial charge in [0.05, 0.1) is 0 Å². The fraction of sp³-hybridized carbons (Fsp3) is 0. The topological polar surface area (TPSA) is 91.7 Å². The summed E-state index contributed by atoms with van der Waals surface area (Å²) in [6.45, 7) is 0. The third-order valence-corrected chi connectivity index (χ3v) is 5.05. The Hall–Kier alpha value is -2.44. The predicted molar refractivity (Wildman–Crippen MR) is 101 cm³/mol. The summed E-state index contributed by atoms with van der Waals surface area (Å²) >= 11 is 1.34. The number of ether oxygens (including phenoxy) is 1. The van der Waals surface area contributed by atoms with Gasteiger partial charge in [0.1, 0.15) is 18.8 Å². The maximum Gasteiger partial charge on any atom is 0.257 e. The summed E-state index contributed by atoms with van der Waals surface area (Å²) < 4.78 is 5.71. The SMILES string of the molecule is C=P(O)(O)c1ccc(Oc2cccc(C(=O)Nc3nccs3)c2)cc1. The number of nitrogens with zero attached hydrogens (tertiary/aromatic N) is 1. The molecule has 3 rings (SSSR count). The molecule has 8 heteroatoms. The fourth-order valence-electron chi connectivity index (χ4n) is 2.04. The first-order valence-corrected chi connectivity index (χ1v) is 9.96. The van der Waals surface area contributed by atoms with Crippen LogP contribution < -0.4 is 15.4 Å². The highest BCUT2D eigenvalue weighted by Crippen LogP contribution is 2.33. The molecular formula is C17H15N2O4PS. The van der Waals surface area contributed by atoms with Gasteiger partial charge in [-0.2, -0.15) is 0 Å². The second-order valence-electron chi connectivity index (χ2n) is 5.15. The molecule has 0 aliphatic rings. The van der Waals surface area contributed by atoms with Gasteiger partial charge in [0, 0.05) is 22.4 Å². The van der Waals surface area contributed by atoms with Gasteiger partial charge in [0.15, 0.2) is 5.13 Å². The van der Waals surface area contributed by atoms with Crippen LogP contribution in [0.2, 0.25) is 0 Å². The van der Waals surface area contributed by atoms with Crippen LogP contribution in [0.25, 0.3) is 0 Å². The first kappa shape index (κ1) is 17.4. The highest BCUT2D eigenvalue weighted by atomic mass is 32.1. The van der Waals surface area contributed by atoms with Crippen LogP contribution in [0.1, 0.15) is 10.4 Å². The highest BCUT2D eigenvalue weighted by Gasteiger charge is 2.10. The van der Waals surface area contributed by atoms with Crippen molar-refractivity contribution in [3.05, 3.63) is 65.7 Å². The van der Waals surface area contributed by atoms with Crippen LogP contribution in [-0.2, 0) is 0 Å². The monoisotopic (exact) mass is 374 g/mol. The number of amides is 1. The fourth-order valence-corrected chi connectivity index (χ4v) is 3.19. The molecule has 1 heterocycles. The zero-order chi connectivity index (χ0) is 17.9. The van der Waals surface area contributed by atoms with E-state index in [0.717, 1.165) is 0 Å². The number of rotatable bonds is 5. The van der Waals surface area contributed by atoms with Crippen molar-refractivity contribution in [1.82, 2.24) is 4.98 Å². The molecule has 3 aromatic rings. The second-order valence-corrected chi connectivity index (χ2v) is 8.02. The van der Waals surface area contributed by atoms with Gasteiger partial charge in [-0.3, -0.25) is 10.1 Å². The molecule has 0 bridgehead atoms. The standard InChI is InChI=1S/C17H15N2O4PS/c1-24(21,22)15-7-5-13(6-8-15)23-14-4-2-3-12(11-14)16(20)19-17-18-9-10-25-17/h2-11,21-22H,1H2,(H,18,19,20). The Labute approximate surface area is 148 Å². The van der Waals surface area contributed by atoms with E-state index in [1.54, 1.807) is 60.1 Å². The molecule has 0 saturated heterocycles. The maximum absolute atomic E-state index is 12.2. The van der Waals surface area contributed by atoms with E-state index >= 15 is 0 Å². The Balaban J connectivity index is 1.73. The van der Waals surface area contributed by atoms with Crippen molar-refractivity contribution in [2.75, 3.05) is 5.32 Å². The van der Waals surface area contributed by atoms with Crippen LogP contribution in [0.3, 0.4) is 0 Å². The molecule has 0 atom stereocenters. The van der Waals surface area contributed by atoms with E-state index in [0.29, 0.717) is 27.5 Å². The zero-order valence-electron chi connectivity index (χ0n) is 13.0. The number of anilines is 1. The van der Waals surface area contributed by atoms with E-state index in [2.05, 4.69) is 16.6 Å². The van der Waals surface area contributed by atoms with Gasteiger partial charge in [-0.25, -0.2) is 4.98 Å². The number of hydrogen-bond donors (Lipinski definition) is 3. The average molecular weight is 374 g/mol. The predicted octanol–water partition coefficient (Wildman–Crippen LogP) is 3.08. The first-order chi connectivity index (χ1) is 11.9. The molecule has 128 valence electrons. The van der Waals surface area contributed by atoms with E-state index in [1.165, 1.54) is 11.3 Å². The lowest BCUT2D eigenvalue weighted by molar-refractivity contribution is 0.102. The Bertz CT molecular complexity index is 920. The summed E-state index contributed by atoms with van der Waals surface area (Å²) in [6.07, 6.45) is 4.96. The van der Waals surface area contributed by atoms with Crippen molar-refractivity contribution in [1.29, 1.82) is 0 Å². The molecular weight excluding hydrogens is 359 g/mol. The van der Waals surface area contributed by atoms with Crippen molar-refractivity contribution in [2.45, 2.75) is 0 Å². The Morgan fingerprint density at radius 2 is 1.92 bits per heavy atom. The largest absolute Gasteiger partial charge is 0.457 e. The molecule has 0 spiro atoms. The number of hydrogen-bond acceptors (Lipinski definition) is 6. The number of thiazole rings is 1. The number of carbonyl (C=O) groups excluding carboxylic acids is 1. The van der Waals surface area contributed by atoms with Crippen molar-refractivity contribution < 1.29 is 19.3 Å². The van der Waals surface area contributed by atoms with Gasteiger partial charge < -0.3 is 14.5 Å². The Morgan fingerprint density at radius 1 is 1.16 bits per heavy atom. The summed E-state index contributed by atoms with van der Waals surface area (Å²) in [5, 5.41) is 5.37. The zero-order valence-corrected chi connectivity index (χ0v) is 14.7. The van der Waals surface area contributed by atoms with E-state index in [1.807, 2.05) is 0 Å². The summed E-state index contributed by atoms with van der Waals surface area (Å²) in [5.41, 5.74) is 0.442. The molecule has 6 nitrogen and oxygen atoms in total. The molecule has 0 fully saturated rings. The smallest absolute Gasteiger partial charge is 0.257 e. The molecule has 2 aromatic carbocycles. The quantitative estimate of drug-likeness (QED) is 0.597. The molecule has 1 aromatic heterocycles. The molecule has 25 heavy (non-hydrogen) atoms. The van der Waals surface area contributed by atoms with Gasteiger partial charge in [0.2, 0.25) is 0 Å². The highest BCUT2D eigenvalue weighted by molar-refractivity contribution is 7.70. The van der Waals surface area contributed by atoms with Crippen molar-refractivity contribution in [2.24, 2.45) is 0 Å². The van der Waals surface area contributed by atoms with Gasteiger partial charge in [0.25, 0.3) is 5.91 Å². The summed E-state index contributed by atoms with van der Waals surface area (Å²) in [6, 6.07) is 13.1. The number of carbonyl (C=O) groups is 1. The van der Waals surface area contributed by atoms with Crippen molar-refractivity contribution >= 4 is 41.3 Å². The van der Waals surface area contributed by atoms with Gasteiger partial charge in [-0.05, 0) is 48.8 Å². The van der Waals surface area contributed by atoms with Crippen LogP contribution >= 0.6 is 18.7 Å². The first-order valence-electron chi connectivity index (χ1n) is 7.20. The van der Waals surface area contributed by atoms with Crippen LogP contribution in [0.4, 0.5) is 5.13 Å². The van der Waals surface area contributed by atoms with E-state index in [4.69, 9.17) is 4.74 Å². The van der Waals surface area contributed by atoms with Gasteiger partial charge >= 0.3 is 0 Å². The van der Waals surface area contributed by atoms with E-state index < -0.39 is 7.34 Å². The van der Waals surface area contributed by atoms with Crippen molar-refractivity contribution in [3.63, 3.8) is 0 Å². The molecule has 3 N–H and O–H groups in total. The second kappa shape index (κ2) is 7.21. The lowest BCUT2D eigenvalue weighted by atomic mass is 10.2. The number of benzene rings is 2. The maximum atomic E-state index is 12.2. The number of aromatic nitrogens is 1. The minimum absolute atomic E-state index is 0.275. The van der Waals surface area contributed by atoms with Crippen molar-refractivity contribution in [3.8, 4) is 11.5 Å². The van der Waals surface area contributed by atoms with E-state index in [9.17, 15) is 14.6 Å². The molecule has 0 saturated carbocycles. The summed E-state index contributed by atoms with van der Waals surface area (Å²) in [4.78, 5) is 35.3. The number of nitrogens with one attached hydrogen (secondary N) is 1. The molecule has 0 aliphatic heterocycles. The lowest BCUT2D eigenvalue weighted by Crippen LogP contribution is -2.11. The Morgan fingerprint density at radius 3 is 2.56 bits per heavy atom. The lowest BCUT2D eigenvalue weighted by Gasteiger charge is -2.11. The van der Waals surface area contributed by atoms with Crippen LogP contribution in [0.15, 0.2) is 60.1 Å². The minimum atomic E-state index is -3.28. The van der Waals surface area contributed by atoms with Crippen LogP contribution in [0, 0.1) is 0 Å². The minimum Gasteiger partial charge on any atom is -0.457 e. The summed E-state index contributed by atoms with van der Waals surface area (Å²) in [7, 11) is -3.28. The van der Waals surface area contributed by atoms with Gasteiger partial charge in [-0.1, -0.05) is 6.07 Å². The third-order valence-electron chi connectivity index (χ3n) is 3.23. The Kier molecular flexibility index (Phi) is 5.01. The summed E-state index contributed by atoms with van der Waals surface area (Å²) in [5.74, 6) is 0.723. The van der Waals surface area contributed by atoms with E-state index in [-0.39, 0.29) is 5.91 Å². The molecule has 1 amide bonds. The molecule has 0 unspecified atom stereocenters. The average Bonchev–Trinajstić information content (AvgIpc) is 3.08. The van der Waals surface area contributed by atoms with Crippen LogP contribution in [0.5, 0.6) is 11.5 Å². The molecule has 0 radical (unpaired) electrons. The van der Waals surface area contributed by atoms with Crippen LogP contribution in [-0.4, -0.2) is 27.0 Å². The molecule has 0 aliphatic carbocycles.